The van der Waals surface area contributed by atoms with Gasteiger partial charge in [0.1, 0.15) is 30.0 Å². The van der Waals surface area contributed by atoms with Crippen molar-refractivity contribution in [1.29, 1.82) is 0 Å². The molecule has 4 aromatic rings. The molecule has 23 heavy (non-hydrogen) atoms. The van der Waals surface area contributed by atoms with Crippen molar-refractivity contribution in [3.05, 3.63) is 67.1 Å². The summed E-state index contributed by atoms with van der Waals surface area (Å²) < 4.78 is 1.74. The van der Waals surface area contributed by atoms with Gasteiger partial charge in [-0.1, -0.05) is 18.2 Å². The molecule has 4 rings (SSSR count). The van der Waals surface area contributed by atoms with Crippen LogP contribution in [0, 0.1) is 0 Å². The average Bonchev–Trinajstić information content (AvgIpc) is 3.24. The average molecular weight is 304 g/mol. The van der Waals surface area contributed by atoms with Crippen molar-refractivity contribution in [2.24, 2.45) is 0 Å². The van der Waals surface area contributed by atoms with E-state index < -0.39 is 0 Å². The van der Waals surface area contributed by atoms with Crippen molar-refractivity contribution in [1.82, 2.24) is 24.5 Å². The summed E-state index contributed by atoms with van der Waals surface area (Å²) in [5.74, 6) is 0.799. The van der Waals surface area contributed by atoms with Crippen LogP contribution in [-0.4, -0.2) is 30.4 Å². The second-order valence-electron chi connectivity index (χ2n) is 4.96. The molecule has 0 saturated heterocycles. The minimum atomic E-state index is -0.253. The van der Waals surface area contributed by atoms with Crippen LogP contribution in [0.2, 0.25) is 0 Å². The van der Waals surface area contributed by atoms with Crippen LogP contribution in [0.5, 0.6) is 0 Å². The van der Waals surface area contributed by atoms with Crippen molar-refractivity contribution >= 4 is 22.6 Å². The van der Waals surface area contributed by atoms with E-state index in [1.165, 1.54) is 6.33 Å². The molecule has 112 valence electrons. The van der Waals surface area contributed by atoms with Gasteiger partial charge in [0.2, 0.25) is 0 Å². The molecule has 1 aromatic carbocycles. The minimum Gasteiger partial charge on any atom is -0.351 e. The highest BCUT2D eigenvalue weighted by atomic mass is 16.1. The lowest BCUT2D eigenvalue weighted by molar-refractivity contribution is 0.102. The normalized spacial score (nSPS) is 10.8. The van der Waals surface area contributed by atoms with Gasteiger partial charge in [0, 0.05) is 29.4 Å². The van der Waals surface area contributed by atoms with Gasteiger partial charge in [0.05, 0.1) is 0 Å². The first-order valence-corrected chi connectivity index (χ1v) is 6.99. The summed E-state index contributed by atoms with van der Waals surface area (Å²) in [5, 5.41) is 3.75. The number of fused-ring (bicyclic) bond motifs is 1. The van der Waals surface area contributed by atoms with E-state index in [2.05, 4.69) is 25.3 Å². The summed E-state index contributed by atoms with van der Waals surface area (Å²) in [4.78, 5) is 27.6. The summed E-state index contributed by atoms with van der Waals surface area (Å²) >= 11 is 0. The Labute approximate surface area is 131 Å². The van der Waals surface area contributed by atoms with Gasteiger partial charge in [-0.2, -0.15) is 0 Å². The van der Waals surface area contributed by atoms with E-state index in [-0.39, 0.29) is 5.91 Å². The summed E-state index contributed by atoms with van der Waals surface area (Å²) in [5.41, 5.74) is 1.40. The van der Waals surface area contributed by atoms with Crippen molar-refractivity contribution in [3.8, 4) is 5.82 Å². The molecule has 3 heterocycles. The van der Waals surface area contributed by atoms with Crippen LogP contribution in [0.3, 0.4) is 0 Å². The number of rotatable bonds is 3. The number of anilines is 1. The van der Waals surface area contributed by atoms with E-state index in [4.69, 9.17) is 0 Å². The highest BCUT2D eigenvalue weighted by Crippen LogP contribution is 2.16. The van der Waals surface area contributed by atoms with E-state index in [1.54, 1.807) is 29.4 Å². The number of nitrogens with zero attached hydrogens (tertiary/aromatic N) is 4. The molecule has 0 radical (unpaired) electrons. The Hall–Kier alpha value is -3.48. The third-order valence-corrected chi connectivity index (χ3v) is 3.44. The molecular formula is C16H12N6O. The first kappa shape index (κ1) is 13.2. The second-order valence-corrected chi connectivity index (χ2v) is 4.96. The number of hydrogen-bond acceptors (Lipinski definition) is 4. The number of aromatic nitrogens is 5. The Morgan fingerprint density at radius 1 is 1.17 bits per heavy atom. The molecule has 0 fully saturated rings. The molecule has 0 unspecified atom stereocenters. The van der Waals surface area contributed by atoms with E-state index >= 15 is 0 Å². The van der Waals surface area contributed by atoms with E-state index in [0.29, 0.717) is 17.3 Å². The van der Waals surface area contributed by atoms with Crippen molar-refractivity contribution in [3.63, 3.8) is 0 Å². The Kier molecular flexibility index (Phi) is 3.09. The maximum atomic E-state index is 12.4. The number of aromatic amines is 1. The standard InChI is InChI=1S/C16H12N6O/c23-16(13-7-11-3-1-2-4-12(11)20-13)21-14-8-15(19-9-18-14)22-6-5-17-10-22/h1-10,20H,(H,18,19,21,23). The zero-order valence-electron chi connectivity index (χ0n) is 12.0. The predicted molar refractivity (Wildman–Crippen MR) is 85.4 cm³/mol. The highest BCUT2D eigenvalue weighted by Gasteiger charge is 2.11. The van der Waals surface area contributed by atoms with Crippen LogP contribution < -0.4 is 5.32 Å². The van der Waals surface area contributed by atoms with Crippen LogP contribution in [-0.2, 0) is 0 Å². The quantitative estimate of drug-likeness (QED) is 0.608. The molecular weight excluding hydrogens is 292 g/mol. The Balaban J connectivity index is 1.60. The molecule has 0 saturated carbocycles. The van der Waals surface area contributed by atoms with Gasteiger partial charge in [0.15, 0.2) is 0 Å². The summed E-state index contributed by atoms with van der Waals surface area (Å²) in [6.45, 7) is 0. The molecule has 0 atom stereocenters. The first-order valence-electron chi connectivity index (χ1n) is 6.99. The number of hydrogen-bond donors (Lipinski definition) is 2. The number of nitrogens with one attached hydrogen (secondary N) is 2. The molecule has 0 aliphatic heterocycles. The number of carbonyl (C=O) groups is 1. The fourth-order valence-electron chi connectivity index (χ4n) is 2.33. The molecule has 1 amide bonds. The maximum Gasteiger partial charge on any atom is 0.273 e. The second kappa shape index (κ2) is 5.38. The smallest absolute Gasteiger partial charge is 0.273 e. The van der Waals surface area contributed by atoms with E-state index in [1.807, 2.05) is 30.3 Å². The van der Waals surface area contributed by atoms with Crippen LogP contribution in [0.1, 0.15) is 10.5 Å². The molecule has 0 bridgehead atoms. The lowest BCUT2D eigenvalue weighted by atomic mass is 10.2. The van der Waals surface area contributed by atoms with E-state index in [0.717, 1.165) is 10.9 Å². The Bertz CT molecular complexity index is 940. The van der Waals surface area contributed by atoms with Gasteiger partial charge in [-0.05, 0) is 12.1 Å². The molecule has 3 aromatic heterocycles. The predicted octanol–water partition coefficient (Wildman–Crippen LogP) is 2.40. The summed E-state index contributed by atoms with van der Waals surface area (Å²) in [7, 11) is 0. The van der Waals surface area contributed by atoms with Crippen LogP contribution >= 0.6 is 0 Å². The summed E-state index contributed by atoms with van der Waals surface area (Å²) in [6, 6.07) is 11.2. The number of benzene rings is 1. The molecule has 2 N–H and O–H groups in total. The lowest BCUT2D eigenvalue weighted by Gasteiger charge is -2.05. The molecule has 0 aliphatic carbocycles. The largest absolute Gasteiger partial charge is 0.351 e. The third-order valence-electron chi connectivity index (χ3n) is 3.44. The maximum absolute atomic E-state index is 12.4. The Morgan fingerprint density at radius 3 is 2.91 bits per heavy atom. The van der Waals surface area contributed by atoms with Crippen molar-refractivity contribution < 1.29 is 4.79 Å². The van der Waals surface area contributed by atoms with Gasteiger partial charge < -0.3 is 10.3 Å². The monoisotopic (exact) mass is 304 g/mol. The SMILES string of the molecule is O=C(Nc1cc(-n2ccnc2)ncn1)c1cc2ccccc2[nH]1. The van der Waals surface area contributed by atoms with Gasteiger partial charge in [0.25, 0.3) is 5.91 Å². The number of para-hydroxylation sites is 1. The van der Waals surface area contributed by atoms with E-state index in [9.17, 15) is 4.79 Å². The number of carbonyl (C=O) groups excluding carboxylic acids is 1. The molecule has 7 heteroatoms. The van der Waals surface area contributed by atoms with Crippen LogP contribution in [0.25, 0.3) is 16.7 Å². The van der Waals surface area contributed by atoms with Crippen molar-refractivity contribution in [2.75, 3.05) is 5.32 Å². The number of H-pyrrole nitrogens is 1. The van der Waals surface area contributed by atoms with Gasteiger partial charge in [-0.3, -0.25) is 9.36 Å². The first-order chi connectivity index (χ1) is 11.3. The highest BCUT2D eigenvalue weighted by molar-refractivity contribution is 6.05. The molecule has 0 aliphatic rings. The van der Waals surface area contributed by atoms with Gasteiger partial charge in [-0.15, -0.1) is 0 Å². The number of amides is 1. The fraction of sp³-hybridized carbons (Fsp3) is 0. The third kappa shape index (κ3) is 2.55. The lowest BCUT2D eigenvalue weighted by Crippen LogP contribution is -2.13. The van der Waals surface area contributed by atoms with Gasteiger partial charge in [-0.25, -0.2) is 15.0 Å². The molecule has 0 spiro atoms. The van der Waals surface area contributed by atoms with Crippen molar-refractivity contribution in [2.45, 2.75) is 0 Å². The van der Waals surface area contributed by atoms with Crippen LogP contribution in [0.4, 0.5) is 5.82 Å². The van der Waals surface area contributed by atoms with Gasteiger partial charge >= 0.3 is 0 Å². The van der Waals surface area contributed by atoms with Crippen LogP contribution in [0.15, 0.2) is 61.4 Å². The Morgan fingerprint density at radius 2 is 2.09 bits per heavy atom. The molecule has 7 nitrogen and oxygen atoms in total. The number of imidazole rings is 1. The zero-order valence-corrected chi connectivity index (χ0v) is 12.0. The topological polar surface area (TPSA) is 88.5 Å². The fourth-order valence-corrected chi connectivity index (χ4v) is 2.33. The zero-order chi connectivity index (χ0) is 15.6. The minimum absolute atomic E-state index is 0.253. The summed E-state index contributed by atoms with van der Waals surface area (Å²) in [6.07, 6.45) is 6.46.